The van der Waals surface area contributed by atoms with Gasteiger partial charge in [-0.15, -0.1) is 6.42 Å². The van der Waals surface area contributed by atoms with E-state index < -0.39 is 5.91 Å². The Hall–Kier alpha value is -3.70. The van der Waals surface area contributed by atoms with Crippen LogP contribution in [0.4, 0.5) is 0 Å². The van der Waals surface area contributed by atoms with Crippen LogP contribution in [-0.2, 0) is 17.9 Å². The Labute approximate surface area is 145 Å². The molecular formula is C20H15N3O2. The molecular weight excluding hydrogens is 314 g/mol. The van der Waals surface area contributed by atoms with Gasteiger partial charge in [-0.25, -0.2) is 0 Å². The highest BCUT2D eigenvalue weighted by Crippen LogP contribution is 2.23. The van der Waals surface area contributed by atoms with Gasteiger partial charge in [0.2, 0.25) is 0 Å². The quantitative estimate of drug-likeness (QED) is 0.444. The zero-order valence-corrected chi connectivity index (χ0v) is 13.4. The molecule has 0 unspecified atom stereocenters. The van der Waals surface area contributed by atoms with Gasteiger partial charge in [0, 0.05) is 22.7 Å². The highest BCUT2D eigenvalue weighted by Gasteiger charge is 2.12. The first-order valence-electron chi connectivity index (χ1n) is 7.66. The van der Waals surface area contributed by atoms with E-state index in [1.807, 2.05) is 41.1 Å². The molecule has 1 aromatic carbocycles. The summed E-state index contributed by atoms with van der Waals surface area (Å²) in [6, 6.07) is 13.2. The van der Waals surface area contributed by atoms with Gasteiger partial charge in [0.25, 0.3) is 5.91 Å². The summed E-state index contributed by atoms with van der Waals surface area (Å²) in [7, 11) is 0. The largest absolute Gasteiger partial charge is 0.467 e. The summed E-state index contributed by atoms with van der Waals surface area (Å²) in [4.78, 5) is 12.3. The van der Waals surface area contributed by atoms with Crippen molar-refractivity contribution in [2.45, 2.75) is 13.1 Å². The normalized spacial score (nSPS) is 11.0. The molecule has 0 spiro atoms. The molecule has 2 heterocycles. The molecule has 0 saturated carbocycles. The van der Waals surface area contributed by atoms with E-state index in [0.29, 0.717) is 12.3 Å². The second kappa shape index (κ2) is 7.25. The third kappa shape index (κ3) is 3.46. The van der Waals surface area contributed by atoms with Crippen LogP contribution >= 0.6 is 0 Å². The SMILES string of the molecule is C#CCn1cc(/C=C(/C#N)C(=O)NCc2ccco2)c2ccccc21. The molecule has 3 aromatic rings. The van der Waals surface area contributed by atoms with Gasteiger partial charge < -0.3 is 14.3 Å². The molecule has 5 heteroatoms. The third-order valence-electron chi connectivity index (χ3n) is 3.75. The molecule has 25 heavy (non-hydrogen) atoms. The average Bonchev–Trinajstić information content (AvgIpc) is 3.27. The smallest absolute Gasteiger partial charge is 0.262 e. The van der Waals surface area contributed by atoms with Gasteiger partial charge in [0.15, 0.2) is 0 Å². The number of carbonyl (C=O) groups excluding carboxylic acids is 1. The lowest BCUT2D eigenvalue weighted by Crippen LogP contribution is -2.23. The van der Waals surface area contributed by atoms with E-state index >= 15 is 0 Å². The van der Waals surface area contributed by atoms with Gasteiger partial charge in [-0.05, 0) is 24.3 Å². The second-order valence-electron chi connectivity index (χ2n) is 5.37. The Morgan fingerprint density at radius 1 is 1.32 bits per heavy atom. The summed E-state index contributed by atoms with van der Waals surface area (Å²) in [5.41, 5.74) is 1.76. The maximum absolute atomic E-state index is 12.3. The standard InChI is InChI=1S/C20H15N3O2/c1-2-9-23-14-16(18-7-3-4-8-19(18)23)11-15(12-21)20(24)22-13-17-6-5-10-25-17/h1,3-8,10-11,14H,9,13H2,(H,22,24)/b15-11-. The van der Waals surface area contributed by atoms with Crippen molar-refractivity contribution in [2.75, 3.05) is 0 Å². The van der Waals surface area contributed by atoms with Crippen LogP contribution in [0.5, 0.6) is 0 Å². The van der Waals surface area contributed by atoms with Gasteiger partial charge in [-0.1, -0.05) is 24.1 Å². The lowest BCUT2D eigenvalue weighted by molar-refractivity contribution is -0.117. The zero-order chi connectivity index (χ0) is 17.6. The minimum atomic E-state index is -0.451. The first-order valence-corrected chi connectivity index (χ1v) is 7.66. The molecule has 0 aliphatic heterocycles. The van der Waals surface area contributed by atoms with Gasteiger partial charge in [0.05, 0.1) is 19.4 Å². The number of hydrogen-bond donors (Lipinski definition) is 1. The number of carbonyl (C=O) groups is 1. The summed E-state index contributed by atoms with van der Waals surface area (Å²) in [6.07, 6.45) is 10.4. The predicted octanol–water partition coefficient (Wildman–Crippen LogP) is 3.09. The topological polar surface area (TPSA) is 71.0 Å². The Morgan fingerprint density at radius 3 is 2.88 bits per heavy atom. The fourth-order valence-electron chi connectivity index (χ4n) is 2.60. The fourth-order valence-corrected chi connectivity index (χ4v) is 2.60. The second-order valence-corrected chi connectivity index (χ2v) is 5.37. The molecule has 0 bridgehead atoms. The van der Waals surface area contributed by atoms with Crippen LogP contribution in [0.25, 0.3) is 17.0 Å². The Kier molecular flexibility index (Phi) is 4.69. The molecule has 5 nitrogen and oxygen atoms in total. The summed E-state index contributed by atoms with van der Waals surface area (Å²) in [5.74, 6) is 2.77. The molecule has 0 radical (unpaired) electrons. The summed E-state index contributed by atoms with van der Waals surface area (Å²) >= 11 is 0. The molecule has 0 atom stereocenters. The number of aromatic nitrogens is 1. The molecule has 122 valence electrons. The minimum absolute atomic E-state index is 0.0233. The lowest BCUT2D eigenvalue weighted by Gasteiger charge is -2.01. The van der Waals surface area contributed by atoms with Crippen LogP contribution in [0.15, 0.2) is 58.8 Å². The molecule has 1 N–H and O–H groups in total. The van der Waals surface area contributed by atoms with E-state index in [2.05, 4.69) is 11.2 Å². The predicted molar refractivity (Wildman–Crippen MR) is 94.9 cm³/mol. The Balaban J connectivity index is 1.89. The average molecular weight is 329 g/mol. The first kappa shape index (κ1) is 16.2. The van der Waals surface area contributed by atoms with Gasteiger partial charge in [0.1, 0.15) is 17.4 Å². The van der Waals surface area contributed by atoms with E-state index in [1.54, 1.807) is 18.2 Å². The highest BCUT2D eigenvalue weighted by molar-refractivity contribution is 6.04. The van der Waals surface area contributed by atoms with Crippen LogP contribution < -0.4 is 5.32 Å². The van der Waals surface area contributed by atoms with Crippen molar-refractivity contribution >= 4 is 22.9 Å². The summed E-state index contributed by atoms with van der Waals surface area (Å²) < 4.78 is 7.08. The number of nitrogens with zero attached hydrogens (tertiary/aromatic N) is 2. The third-order valence-corrected chi connectivity index (χ3v) is 3.75. The molecule has 0 fully saturated rings. The summed E-state index contributed by atoms with van der Waals surface area (Å²) in [6.45, 7) is 0.643. The summed E-state index contributed by atoms with van der Waals surface area (Å²) in [5, 5.41) is 13.0. The number of para-hydroxylation sites is 1. The number of nitriles is 1. The van der Waals surface area contributed by atoms with Crippen LogP contribution in [0.3, 0.4) is 0 Å². The minimum Gasteiger partial charge on any atom is -0.467 e. The zero-order valence-electron chi connectivity index (χ0n) is 13.4. The van der Waals surface area contributed by atoms with E-state index in [4.69, 9.17) is 10.8 Å². The van der Waals surface area contributed by atoms with Crippen LogP contribution in [0.2, 0.25) is 0 Å². The lowest BCUT2D eigenvalue weighted by atomic mass is 10.1. The molecule has 2 aromatic heterocycles. The van der Waals surface area contributed by atoms with Crippen molar-refractivity contribution in [3.05, 3.63) is 65.8 Å². The number of hydrogen-bond acceptors (Lipinski definition) is 3. The van der Waals surface area contributed by atoms with Crippen LogP contribution in [0.1, 0.15) is 11.3 Å². The monoisotopic (exact) mass is 329 g/mol. The number of terminal acetylenes is 1. The molecule has 0 saturated heterocycles. The number of furan rings is 1. The number of rotatable bonds is 5. The Morgan fingerprint density at radius 2 is 2.16 bits per heavy atom. The molecule has 3 rings (SSSR count). The Bertz CT molecular complexity index is 1010. The van der Waals surface area contributed by atoms with E-state index in [-0.39, 0.29) is 12.1 Å². The number of benzene rings is 1. The number of fused-ring (bicyclic) bond motifs is 1. The van der Waals surface area contributed by atoms with Crippen molar-refractivity contribution in [2.24, 2.45) is 0 Å². The van der Waals surface area contributed by atoms with Gasteiger partial charge in [-0.2, -0.15) is 5.26 Å². The maximum atomic E-state index is 12.3. The maximum Gasteiger partial charge on any atom is 0.262 e. The van der Waals surface area contributed by atoms with Crippen molar-refractivity contribution in [3.63, 3.8) is 0 Å². The van der Waals surface area contributed by atoms with Crippen molar-refractivity contribution in [1.82, 2.24) is 9.88 Å². The van der Waals surface area contributed by atoms with Crippen molar-refractivity contribution < 1.29 is 9.21 Å². The number of nitrogens with one attached hydrogen (secondary N) is 1. The van der Waals surface area contributed by atoms with Crippen LogP contribution in [0, 0.1) is 23.7 Å². The highest BCUT2D eigenvalue weighted by atomic mass is 16.3. The van der Waals surface area contributed by atoms with Crippen molar-refractivity contribution in [1.29, 1.82) is 5.26 Å². The first-order chi connectivity index (χ1) is 12.2. The molecule has 1 amide bonds. The van der Waals surface area contributed by atoms with Crippen molar-refractivity contribution in [3.8, 4) is 18.4 Å². The van der Waals surface area contributed by atoms with E-state index in [9.17, 15) is 10.1 Å². The van der Waals surface area contributed by atoms with E-state index in [1.165, 1.54) is 6.26 Å². The molecule has 0 aliphatic carbocycles. The number of amides is 1. The molecule has 0 aliphatic rings. The van der Waals surface area contributed by atoms with Crippen LogP contribution in [-0.4, -0.2) is 10.5 Å². The fraction of sp³-hybridized carbons (Fsp3) is 0.100. The van der Waals surface area contributed by atoms with Gasteiger partial charge in [-0.3, -0.25) is 4.79 Å². The van der Waals surface area contributed by atoms with Gasteiger partial charge >= 0.3 is 0 Å². The van der Waals surface area contributed by atoms with E-state index in [0.717, 1.165) is 16.5 Å².